The lowest BCUT2D eigenvalue weighted by Crippen LogP contribution is -2.11. The Bertz CT molecular complexity index is 575. The predicted molar refractivity (Wildman–Crippen MR) is 88.8 cm³/mol. The average molecular weight is 301 g/mol. The number of carbonyl (C=O) groups excluding carboxylic acids is 1. The lowest BCUT2D eigenvalue weighted by Gasteiger charge is -2.07. The SMILES string of the molecule is CCC[CH]Cc1ccc(NC(=O)c2ccc(Cl)cc2)cc1. The van der Waals surface area contributed by atoms with Crippen LogP contribution in [-0.2, 0) is 6.42 Å². The molecule has 0 fully saturated rings. The van der Waals surface area contributed by atoms with E-state index in [0.717, 1.165) is 18.5 Å². The van der Waals surface area contributed by atoms with Crippen LogP contribution in [0, 0.1) is 6.42 Å². The number of halogens is 1. The van der Waals surface area contributed by atoms with Gasteiger partial charge < -0.3 is 5.32 Å². The van der Waals surface area contributed by atoms with E-state index in [1.165, 1.54) is 12.0 Å². The summed E-state index contributed by atoms with van der Waals surface area (Å²) < 4.78 is 0. The van der Waals surface area contributed by atoms with Crippen molar-refractivity contribution >= 4 is 23.2 Å². The molecule has 2 nitrogen and oxygen atoms in total. The number of anilines is 1. The molecule has 1 N–H and O–H groups in total. The standard InChI is InChI=1S/C18H19ClNO/c1-2-3-4-5-14-6-12-17(13-7-14)20-18(21)15-8-10-16(19)11-9-15/h4,6-13H,2-3,5H2,1H3,(H,20,21). The Morgan fingerprint density at radius 2 is 1.76 bits per heavy atom. The molecule has 3 heteroatoms. The normalized spacial score (nSPS) is 10.4. The van der Waals surface area contributed by atoms with E-state index in [2.05, 4.69) is 18.7 Å². The predicted octanol–water partition coefficient (Wildman–Crippen LogP) is 5.14. The van der Waals surface area contributed by atoms with Gasteiger partial charge >= 0.3 is 0 Å². The monoisotopic (exact) mass is 300 g/mol. The maximum atomic E-state index is 12.1. The first-order chi connectivity index (χ1) is 10.2. The number of nitrogens with one attached hydrogen (secondary N) is 1. The molecule has 0 aromatic heterocycles. The molecule has 2 aromatic carbocycles. The van der Waals surface area contributed by atoms with Crippen LogP contribution in [-0.4, -0.2) is 5.91 Å². The van der Waals surface area contributed by atoms with Crippen molar-refractivity contribution in [1.29, 1.82) is 0 Å². The summed E-state index contributed by atoms with van der Waals surface area (Å²) in [6, 6.07) is 14.8. The molecule has 1 radical (unpaired) electrons. The summed E-state index contributed by atoms with van der Waals surface area (Å²) >= 11 is 5.81. The van der Waals surface area contributed by atoms with Crippen molar-refractivity contribution < 1.29 is 4.79 Å². The molecule has 109 valence electrons. The molecule has 0 aliphatic rings. The zero-order chi connectivity index (χ0) is 15.1. The highest BCUT2D eigenvalue weighted by molar-refractivity contribution is 6.30. The van der Waals surface area contributed by atoms with E-state index >= 15 is 0 Å². The molecule has 0 atom stereocenters. The molecule has 0 saturated carbocycles. The molecule has 2 rings (SSSR count). The average Bonchev–Trinajstić information content (AvgIpc) is 2.50. The first kappa shape index (κ1) is 15.6. The van der Waals surface area contributed by atoms with Crippen LogP contribution >= 0.6 is 11.6 Å². The molecule has 1 amide bonds. The topological polar surface area (TPSA) is 29.1 Å². The van der Waals surface area contributed by atoms with Gasteiger partial charge in [-0.05, 0) is 54.8 Å². The fourth-order valence-electron chi connectivity index (χ4n) is 2.00. The van der Waals surface area contributed by atoms with Gasteiger partial charge in [-0.3, -0.25) is 4.79 Å². The van der Waals surface area contributed by atoms with Crippen LogP contribution in [0.5, 0.6) is 0 Å². The number of amides is 1. The minimum absolute atomic E-state index is 0.128. The van der Waals surface area contributed by atoms with Crippen LogP contribution in [0.15, 0.2) is 48.5 Å². The van der Waals surface area contributed by atoms with Gasteiger partial charge in [-0.15, -0.1) is 0 Å². The minimum Gasteiger partial charge on any atom is -0.322 e. The first-order valence-electron chi connectivity index (χ1n) is 7.16. The summed E-state index contributed by atoms with van der Waals surface area (Å²) in [5.74, 6) is -0.128. The molecule has 0 heterocycles. The van der Waals surface area contributed by atoms with Gasteiger partial charge in [-0.1, -0.05) is 43.5 Å². The summed E-state index contributed by atoms with van der Waals surface area (Å²) in [7, 11) is 0. The third-order valence-corrected chi connectivity index (χ3v) is 3.44. The number of carbonyl (C=O) groups is 1. The molecule has 0 aliphatic carbocycles. The summed E-state index contributed by atoms with van der Waals surface area (Å²) in [6.07, 6.45) is 5.56. The Balaban J connectivity index is 1.93. The second kappa shape index (κ2) is 7.84. The fraction of sp³-hybridized carbons (Fsp3) is 0.222. The van der Waals surface area contributed by atoms with E-state index in [0.29, 0.717) is 10.6 Å². The Kier molecular flexibility index (Phi) is 5.82. The van der Waals surface area contributed by atoms with E-state index < -0.39 is 0 Å². The quantitative estimate of drug-likeness (QED) is 0.735. The van der Waals surface area contributed by atoms with Gasteiger partial charge in [0.2, 0.25) is 0 Å². The van der Waals surface area contributed by atoms with Crippen molar-refractivity contribution in [2.24, 2.45) is 0 Å². The van der Waals surface area contributed by atoms with Crippen molar-refractivity contribution in [3.63, 3.8) is 0 Å². The third kappa shape index (κ3) is 4.91. The van der Waals surface area contributed by atoms with Crippen LogP contribution in [0.4, 0.5) is 5.69 Å². The molecule has 0 spiro atoms. The van der Waals surface area contributed by atoms with Crippen molar-refractivity contribution in [2.75, 3.05) is 5.32 Å². The van der Waals surface area contributed by atoms with Gasteiger partial charge in [0.05, 0.1) is 0 Å². The number of benzene rings is 2. The third-order valence-electron chi connectivity index (χ3n) is 3.19. The Hall–Kier alpha value is -1.80. The second-order valence-corrected chi connectivity index (χ2v) is 5.38. The van der Waals surface area contributed by atoms with E-state index in [1.807, 2.05) is 24.3 Å². The van der Waals surface area contributed by atoms with E-state index in [9.17, 15) is 4.79 Å². The maximum absolute atomic E-state index is 12.1. The Morgan fingerprint density at radius 3 is 2.38 bits per heavy atom. The number of hydrogen-bond acceptors (Lipinski definition) is 1. The zero-order valence-electron chi connectivity index (χ0n) is 12.1. The Labute approximate surface area is 131 Å². The molecule has 21 heavy (non-hydrogen) atoms. The van der Waals surface area contributed by atoms with Gasteiger partial charge in [-0.2, -0.15) is 0 Å². The summed E-state index contributed by atoms with van der Waals surface area (Å²) in [6.45, 7) is 2.17. The highest BCUT2D eigenvalue weighted by atomic mass is 35.5. The molecule has 0 unspecified atom stereocenters. The number of unbranched alkanes of at least 4 members (excludes halogenated alkanes) is 2. The first-order valence-corrected chi connectivity index (χ1v) is 7.54. The van der Waals surface area contributed by atoms with Gasteiger partial charge in [0, 0.05) is 16.3 Å². The highest BCUT2D eigenvalue weighted by Gasteiger charge is 2.05. The molecule has 0 saturated heterocycles. The van der Waals surface area contributed by atoms with Crippen LogP contribution in [0.3, 0.4) is 0 Å². The lowest BCUT2D eigenvalue weighted by molar-refractivity contribution is 0.102. The summed E-state index contributed by atoms with van der Waals surface area (Å²) in [5, 5.41) is 3.50. The highest BCUT2D eigenvalue weighted by Crippen LogP contribution is 2.14. The maximum Gasteiger partial charge on any atom is 0.255 e. The van der Waals surface area contributed by atoms with Crippen molar-refractivity contribution in [2.45, 2.75) is 26.2 Å². The molecule has 0 aliphatic heterocycles. The second-order valence-electron chi connectivity index (χ2n) is 4.94. The smallest absolute Gasteiger partial charge is 0.255 e. The molecular formula is C18H19ClNO. The van der Waals surface area contributed by atoms with Gasteiger partial charge in [-0.25, -0.2) is 0 Å². The van der Waals surface area contributed by atoms with Crippen LogP contribution < -0.4 is 5.32 Å². The molecule has 2 aromatic rings. The fourth-order valence-corrected chi connectivity index (χ4v) is 2.13. The largest absolute Gasteiger partial charge is 0.322 e. The van der Waals surface area contributed by atoms with E-state index in [-0.39, 0.29) is 5.91 Å². The number of hydrogen-bond donors (Lipinski definition) is 1. The van der Waals surface area contributed by atoms with Crippen LogP contribution in [0.1, 0.15) is 35.7 Å². The van der Waals surface area contributed by atoms with Crippen LogP contribution in [0.2, 0.25) is 5.02 Å². The van der Waals surface area contributed by atoms with Crippen molar-refractivity contribution in [3.05, 3.63) is 71.1 Å². The van der Waals surface area contributed by atoms with Gasteiger partial charge in [0.1, 0.15) is 0 Å². The summed E-state index contributed by atoms with van der Waals surface area (Å²) in [5.41, 5.74) is 2.65. The van der Waals surface area contributed by atoms with E-state index in [1.54, 1.807) is 24.3 Å². The van der Waals surface area contributed by atoms with E-state index in [4.69, 9.17) is 11.6 Å². The Morgan fingerprint density at radius 1 is 1.10 bits per heavy atom. The van der Waals surface area contributed by atoms with Gasteiger partial charge in [0.15, 0.2) is 0 Å². The number of rotatable bonds is 6. The molecular weight excluding hydrogens is 282 g/mol. The van der Waals surface area contributed by atoms with Gasteiger partial charge in [0.25, 0.3) is 5.91 Å². The zero-order valence-corrected chi connectivity index (χ0v) is 12.9. The van der Waals surface area contributed by atoms with Crippen LogP contribution in [0.25, 0.3) is 0 Å². The van der Waals surface area contributed by atoms with Crippen molar-refractivity contribution in [3.8, 4) is 0 Å². The summed E-state index contributed by atoms with van der Waals surface area (Å²) in [4.78, 5) is 12.1. The minimum atomic E-state index is -0.128. The van der Waals surface area contributed by atoms with Crippen molar-refractivity contribution in [1.82, 2.24) is 0 Å². The molecule has 0 bridgehead atoms. The lowest BCUT2D eigenvalue weighted by atomic mass is 10.1.